The predicted molar refractivity (Wildman–Crippen MR) is 74.8 cm³/mol. The van der Waals surface area contributed by atoms with E-state index in [0.717, 1.165) is 13.2 Å². The number of nitrogens with zero attached hydrogens (tertiary/aromatic N) is 1. The van der Waals surface area contributed by atoms with Crippen LogP contribution < -0.4 is 4.90 Å². The molecule has 17 heavy (non-hydrogen) atoms. The van der Waals surface area contributed by atoms with Gasteiger partial charge in [-0.25, -0.2) is 0 Å². The summed E-state index contributed by atoms with van der Waals surface area (Å²) in [5, 5.41) is 0. The summed E-state index contributed by atoms with van der Waals surface area (Å²) in [5.74, 6) is 0.703. The van der Waals surface area contributed by atoms with Crippen LogP contribution in [0.4, 0.5) is 5.69 Å². The second kappa shape index (κ2) is 5.78. The van der Waals surface area contributed by atoms with Crippen LogP contribution in [0.1, 0.15) is 20.3 Å². The van der Waals surface area contributed by atoms with E-state index in [0.29, 0.717) is 11.4 Å². The normalized spacial score (nSPS) is 23.9. The van der Waals surface area contributed by atoms with E-state index in [2.05, 4.69) is 50.1 Å². The summed E-state index contributed by atoms with van der Waals surface area (Å²) < 4.78 is 5.75. The van der Waals surface area contributed by atoms with Crippen molar-refractivity contribution in [3.8, 4) is 0 Å². The highest BCUT2D eigenvalue weighted by Crippen LogP contribution is 2.34. The fourth-order valence-electron chi connectivity index (χ4n) is 1.95. The molecule has 1 aliphatic rings. The molecule has 0 radical (unpaired) electrons. The molecule has 1 fully saturated rings. The van der Waals surface area contributed by atoms with Gasteiger partial charge in [-0.05, 0) is 37.5 Å². The van der Waals surface area contributed by atoms with Crippen molar-refractivity contribution in [2.24, 2.45) is 5.92 Å². The highest BCUT2D eigenvalue weighted by atomic mass is 32.2. The van der Waals surface area contributed by atoms with Gasteiger partial charge in [0.05, 0.1) is 6.61 Å². The summed E-state index contributed by atoms with van der Waals surface area (Å²) in [7, 11) is 2.12. The molecule has 1 heterocycles. The average Bonchev–Trinajstić information content (AvgIpc) is 2.74. The maximum atomic E-state index is 5.75. The van der Waals surface area contributed by atoms with Gasteiger partial charge >= 0.3 is 0 Å². The maximum Gasteiger partial charge on any atom is 0.108 e. The number of hydrogen-bond donors (Lipinski definition) is 0. The van der Waals surface area contributed by atoms with Gasteiger partial charge in [0.1, 0.15) is 5.44 Å². The van der Waals surface area contributed by atoms with E-state index in [1.54, 1.807) is 0 Å². The molecule has 2 atom stereocenters. The number of anilines is 1. The van der Waals surface area contributed by atoms with Crippen molar-refractivity contribution in [2.45, 2.75) is 30.6 Å². The molecule has 3 heteroatoms. The van der Waals surface area contributed by atoms with E-state index >= 15 is 0 Å². The van der Waals surface area contributed by atoms with E-state index in [4.69, 9.17) is 4.74 Å². The molecule has 1 aromatic rings. The zero-order chi connectivity index (χ0) is 12.3. The first-order valence-electron chi connectivity index (χ1n) is 6.28. The second-order valence-corrected chi connectivity index (χ2v) is 5.97. The first-order valence-corrected chi connectivity index (χ1v) is 7.16. The molecule has 94 valence electrons. The SMILES string of the molecule is CCN(C)c1cccc(SC2C[C@@H](C)CO2)c1. The Morgan fingerprint density at radius 2 is 2.29 bits per heavy atom. The summed E-state index contributed by atoms with van der Waals surface area (Å²) in [4.78, 5) is 3.56. The lowest BCUT2D eigenvalue weighted by Crippen LogP contribution is -2.15. The van der Waals surface area contributed by atoms with Crippen molar-refractivity contribution >= 4 is 17.4 Å². The highest BCUT2D eigenvalue weighted by Gasteiger charge is 2.22. The Bertz CT molecular complexity index is 369. The van der Waals surface area contributed by atoms with Gasteiger partial charge in [0.2, 0.25) is 0 Å². The third-order valence-electron chi connectivity index (χ3n) is 3.16. The number of hydrogen-bond acceptors (Lipinski definition) is 3. The molecular formula is C14H21NOS. The Hall–Kier alpha value is -0.670. The van der Waals surface area contributed by atoms with Gasteiger partial charge in [-0.2, -0.15) is 0 Å². The van der Waals surface area contributed by atoms with Crippen LogP contribution in [0.2, 0.25) is 0 Å². The van der Waals surface area contributed by atoms with Crippen molar-refractivity contribution < 1.29 is 4.74 Å². The van der Waals surface area contributed by atoms with Gasteiger partial charge in [0.25, 0.3) is 0 Å². The summed E-state index contributed by atoms with van der Waals surface area (Å²) in [6, 6.07) is 8.71. The summed E-state index contributed by atoms with van der Waals surface area (Å²) in [6.45, 7) is 6.36. The number of rotatable bonds is 4. The lowest BCUT2D eigenvalue weighted by molar-refractivity contribution is 0.166. The van der Waals surface area contributed by atoms with Crippen molar-refractivity contribution in [2.75, 3.05) is 25.1 Å². The van der Waals surface area contributed by atoms with Crippen molar-refractivity contribution in [3.05, 3.63) is 24.3 Å². The van der Waals surface area contributed by atoms with Gasteiger partial charge < -0.3 is 9.64 Å². The van der Waals surface area contributed by atoms with Gasteiger partial charge in [-0.1, -0.05) is 24.8 Å². The predicted octanol–water partition coefficient (Wildman–Crippen LogP) is 3.62. The number of thioether (sulfide) groups is 1. The molecule has 0 N–H and O–H groups in total. The minimum absolute atomic E-state index is 0.340. The van der Waals surface area contributed by atoms with E-state index in [9.17, 15) is 0 Å². The largest absolute Gasteiger partial charge is 0.375 e. The second-order valence-electron chi connectivity index (χ2n) is 4.73. The number of benzene rings is 1. The molecular weight excluding hydrogens is 230 g/mol. The first kappa shape index (κ1) is 12.8. The van der Waals surface area contributed by atoms with E-state index in [1.165, 1.54) is 17.0 Å². The van der Waals surface area contributed by atoms with Crippen LogP contribution in [0, 0.1) is 5.92 Å². The molecule has 0 spiro atoms. The van der Waals surface area contributed by atoms with Crippen LogP contribution in [-0.4, -0.2) is 25.6 Å². The van der Waals surface area contributed by atoms with Gasteiger partial charge in [0.15, 0.2) is 0 Å². The minimum Gasteiger partial charge on any atom is -0.375 e. The molecule has 0 amide bonds. The van der Waals surface area contributed by atoms with Crippen molar-refractivity contribution in [1.29, 1.82) is 0 Å². The molecule has 1 aliphatic heterocycles. The molecule has 2 rings (SSSR count). The van der Waals surface area contributed by atoms with Crippen LogP contribution >= 0.6 is 11.8 Å². The lowest BCUT2D eigenvalue weighted by Gasteiger charge is -2.18. The van der Waals surface area contributed by atoms with E-state index < -0.39 is 0 Å². The third kappa shape index (κ3) is 3.39. The lowest BCUT2D eigenvalue weighted by atomic mass is 10.2. The molecule has 0 bridgehead atoms. The average molecular weight is 251 g/mol. The minimum atomic E-state index is 0.340. The molecule has 2 nitrogen and oxygen atoms in total. The van der Waals surface area contributed by atoms with Crippen LogP contribution in [0.5, 0.6) is 0 Å². The van der Waals surface area contributed by atoms with E-state index in [1.807, 2.05) is 11.8 Å². The number of ether oxygens (including phenoxy) is 1. The molecule has 1 saturated heterocycles. The van der Waals surface area contributed by atoms with E-state index in [-0.39, 0.29) is 0 Å². The quantitative estimate of drug-likeness (QED) is 0.811. The first-order chi connectivity index (χ1) is 8.19. The topological polar surface area (TPSA) is 12.5 Å². The molecule has 1 unspecified atom stereocenters. The Labute approximate surface area is 108 Å². The van der Waals surface area contributed by atoms with Gasteiger partial charge in [-0.3, -0.25) is 0 Å². The smallest absolute Gasteiger partial charge is 0.108 e. The molecule has 1 aromatic carbocycles. The van der Waals surface area contributed by atoms with Gasteiger partial charge in [-0.15, -0.1) is 0 Å². The van der Waals surface area contributed by atoms with Crippen LogP contribution in [0.15, 0.2) is 29.2 Å². The van der Waals surface area contributed by atoms with Crippen molar-refractivity contribution in [1.82, 2.24) is 0 Å². The van der Waals surface area contributed by atoms with Gasteiger partial charge in [0, 0.05) is 24.2 Å². The zero-order valence-corrected chi connectivity index (χ0v) is 11.7. The highest BCUT2D eigenvalue weighted by molar-refractivity contribution is 7.99. The van der Waals surface area contributed by atoms with Crippen LogP contribution in [0.25, 0.3) is 0 Å². The van der Waals surface area contributed by atoms with Crippen LogP contribution in [-0.2, 0) is 4.74 Å². The third-order valence-corrected chi connectivity index (χ3v) is 4.28. The molecule has 0 aliphatic carbocycles. The van der Waals surface area contributed by atoms with Crippen LogP contribution in [0.3, 0.4) is 0 Å². The monoisotopic (exact) mass is 251 g/mol. The maximum absolute atomic E-state index is 5.75. The molecule has 0 aromatic heterocycles. The summed E-state index contributed by atoms with van der Waals surface area (Å²) >= 11 is 1.85. The Morgan fingerprint density at radius 1 is 1.47 bits per heavy atom. The molecule has 0 saturated carbocycles. The Morgan fingerprint density at radius 3 is 2.94 bits per heavy atom. The zero-order valence-electron chi connectivity index (χ0n) is 10.8. The summed E-state index contributed by atoms with van der Waals surface area (Å²) in [6.07, 6.45) is 1.17. The fraction of sp³-hybridized carbons (Fsp3) is 0.571. The Balaban J connectivity index is 2.01. The standard InChI is InChI=1S/C14H21NOS/c1-4-15(3)12-6-5-7-13(9-12)17-14-8-11(2)10-16-14/h5-7,9,11,14H,4,8,10H2,1-3H3/t11-,14?/m1/s1. The van der Waals surface area contributed by atoms with Crippen molar-refractivity contribution in [3.63, 3.8) is 0 Å². The Kier molecular flexibility index (Phi) is 4.35. The fourth-order valence-corrected chi connectivity index (χ4v) is 3.17. The summed E-state index contributed by atoms with van der Waals surface area (Å²) in [5.41, 5.74) is 1.62.